The number of nitrogens with zero attached hydrogens (tertiary/aromatic N) is 2. The van der Waals surface area contributed by atoms with Crippen LogP contribution in [0.1, 0.15) is 51.0 Å². The number of amides is 4. The van der Waals surface area contributed by atoms with Crippen LogP contribution in [0.3, 0.4) is 0 Å². The first kappa shape index (κ1) is 22.1. The van der Waals surface area contributed by atoms with Gasteiger partial charge in [0.2, 0.25) is 5.91 Å². The first-order valence-electron chi connectivity index (χ1n) is 11.2. The molecule has 0 bridgehead atoms. The lowest BCUT2D eigenvalue weighted by Crippen LogP contribution is -2.50. The second-order valence-electron chi connectivity index (χ2n) is 9.33. The van der Waals surface area contributed by atoms with E-state index in [1.807, 2.05) is 24.3 Å². The molecule has 8 heteroatoms. The number of hydrogen-bond donors (Lipinski definition) is 2. The molecule has 4 rings (SSSR count). The van der Waals surface area contributed by atoms with E-state index in [2.05, 4.69) is 22.5 Å². The Kier molecular flexibility index (Phi) is 6.53. The van der Waals surface area contributed by atoms with Crippen LogP contribution in [0.5, 0.6) is 0 Å². The number of halogens is 1. The SMILES string of the molecule is CC1CCC2(CC1)NC(=O)N(CC(=O)NC1CCN(Cc3ccc(Cl)cc3)CC1)C2=O. The lowest BCUT2D eigenvalue weighted by atomic mass is 9.77. The molecule has 0 radical (unpaired) electrons. The summed E-state index contributed by atoms with van der Waals surface area (Å²) in [5, 5.41) is 6.63. The van der Waals surface area contributed by atoms with E-state index in [1.54, 1.807) is 0 Å². The summed E-state index contributed by atoms with van der Waals surface area (Å²) < 4.78 is 0. The highest BCUT2D eigenvalue weighted by molar-refractivity contribution is 6.30. The van der Waals surface area contributed by atoms with Gasteiger partial charge < -0.3 is 10.6 Å². The number of nitrogens with one attached hydrogen (secondary N) is 2. The van der Waals surface area contributed by atoms with Crippen molar-refractivity contribution in [2.24, 2.45) is 5.92 Å². The maximum Gasteiger partial charge on any atom is 0.325 e. The Labute approximate surface area is 188 Å². The van der Waals surface area contributed by atoms with Gasteiger partial charge in [0.15, 0.2) is 0 Å². The normalized spacial score (nSPS) is 27.5. The van der Waals surface area contributed by atoms with Crippen LogP contribution in [0, 0.1) is 5.92 Å². The minimum Gasteiger partial charge on any atom is -0.352 e. The largest absolute Gasteiger partial charge is 0.352 e. The lowest BCUT2D eigenvalue weighted by Gasteiger charge is -2.33. The molecular formula is C23H31ClN4O3. The molecule has 3 aliphatic rings. The molecule has 0 atom stereocenters. The maximum absolute atomic E-state index is 12.9. The number of hydrogen-bond acceptors (Lipinski definition) is 4. The third-order valence-corrected chi connectivity index (χ3v) is 7.20. The van der Waals surface area contributed by atoms with E-state index in [-0.39, 0.29) is 24.4 Å². The van der Waals surface area contributed by atoms with Crippen molar-refractivity contribution >= 4 is 29.4 Å². The monoisotopic (exact) mass is 446 g/mol. The van der Waals surface area contributed by atoms with Crippen LogP contribution in [0.15, 0.2) is 24.3 Å². The van der Waals surface area contributed by atoms with Gasteiger partial charge in [0.25, 0.3) is 5.91 Å². The fraction of sp³-hybridized carbons (Fsp3) is 0.609. The molecule has 0 aromatic heterocycles. The van der Waals surface area contributed by atoms with E-state index >= 15 is 0 Å². The van der Waals surface area contributed by atoms with E-state index in [9.17, 15) is 14.4 Å². The second kappa shape index (κ2) is 9.17. The summed E-state index contributed by atoms with van der Waals surface area (Å²) in [6, 6.07) is 7.50. The van der Waals surface area contributed by atoms with Gasteiger partial charge in [-0.25, -0.2) is 4.79 Å². The van der Waals surface area contributed by atoms with E-state index in [4.69, 9.17) is 11.6 Å². The summed E-state index contributed by atoms with van der Waals surface area (Å²) in [7, 11) is 0. The van der Waals surface area contributed by atoms with Crippen molar-refractivity contribution in [2.45, 2.75) is 63.6 Å². The number of imide groups is 1. The van der Waals surface area contributed by atoms with Gasteiger partial charge in [-0.1, -0.05) is 30.7 Å². The van der Waals surface area contributed by atoms with Crippen LogP contribution in [0.4, 0.5) is 4.79 Å². The minimum atomic E-state index is -0.795. The van der Waals surface area contributed by atoms with Gasteiger partial charge in [-0.3, -0.25) is 19.4 Å². The molecule has 1 aromatic rings. The lowest BCUT2D eigenvalue weighted by molar-refractivity contribution is -0.136. The third-order valence-electron chi connectivity index (χ3n) is 6.95. The third kappa shape index (κ3) is 5.04. The Balaban J connectivity index is 1.24. The summed E-state index contributed by atoms with van der Waals surface area (Å²) in [5.74, 6) is 0.0662. The number of likely N-dealkylation sites (tertiary alicyclic amines) is 1. The molecule has 31 heavy (non-hydrogen) atoms. The summed E-state index contributed by atoms with van der Waals surface area (Å²) in [4.78, 5) is 41.3. The number of rotatable bonds is 5. The molecule has 2 heterocycles. The van der Waals surface area contributed by atoms with Crippen molar-refractivity contribution in [3.63, 3.8) is 0 Å². The van der Waals surface area contributed by atoms with E-state index in [0.717, 1.165) is 55.2 Å². The average Bonchev–Trinajstić information content (AvgIpc) is 2.97. The summed E-state index contributed by atoms with van der Waals surface area (Å²) in [5.41, 5.74) is 0.424. The van der Waals surface area contributed by atoms with E-state index < -0.39 is 11.6 Å². The maximum atomic E-state index is 12.9. The van der Waals surface area contributed by atoms with Crippen LogP contribution in [-0.2, 0) is 16.1 Å². The highest BCUT2D eigenvalue weighted by atomic mass is 35.5. The summed E-state index contributed by atoms with van der Waals surface area (Å²) >= 11 is 5.95. The minimum absolute atomic E-state index is 0.0687. The first-order chi connectivity index (χ1) is 14.8. The zero-order chi connectivity index (χ0) is 22.0. The Hall–Kier alpha value is -2.12. The smallest absolute Gasteiger partial charge is 0.325 e. The predicted octanol–water partition coefficient (Wildman–Crippen LogP) is 2.92. The zero-order valence-corrected chi connectivity index (χ0v) is 18.8. The Morgan fingerprint density at radius 1 is 1.13 bits per heavy atom. The Bertz CT molecular complexity index is 828. The van der Waals surface area contributed by atoms with E-state index in [0.29, 0.717) is 18.8 Å². The van der Waals surface area contributed by atoms with Crippen molar-refractivity contribution in [1.82, 2.24) is 20.4 Å². The van der Waals surface area contributed by atoms with Gasteiger partial charge in [0.05, 0.1) is 0 Å². The molecule has 2 aliphatic heterocycles. The van der Waals surface area contributed by atoms with E-state index in [1.165, 1.54) is 5.56 Å². The molecule has 2 N–H and O–H groups in total. The topological polar surface area (TPSA) is 81.8 Å². The number of piperidine rings is 1. The highest BCUT2D eigenvalue weighted by Crippen LogP contribution is 2.36. The molecule has 4 amide bonds. The number of benzene rings is 1. The van der Waals surface area contributed by atoms with Gasteiger partial charge in [-0.15, -0.1) is 0 Å². The molecular weight excluding hydrogens is 416 g/mol. The van der Waals surface area contributed by atoms with Crippen LogP contribution in [0.2, 0.25) is 5.02 Å². The van der Waals surface area contributed by atoms with Crippen molar-refractivity contribution in [3.8, 4) is 0 Å². The Morgan fingerprint density at radius 2 is 1.77 bits per heavy atom. The molecule has 3 fully saturated rings. The first-order valence-corrected chi connectivity index (χ1v) is 11.6. The van der Waals surface area contributed by atoms with Crippen LogP contribution >= 0.6 is 11.6 Å². The fourth-order valence-corrected chi connectivity index (χ4v) is 5.04. The van der Waals surface area contributed by atoms with Crippen molar-refractivity contribution in [3.05, 3.63) is 34.9 Å². The molecule has 1 saturated carbocycles. The predicted molar refractivity (Wildman–Crippen MR) is 119 cm³/mol. The number of carbonyl (C=O) groups excluding carboxylic acids is 3. The molecule has 0 unspecified atom stereocenters. The summed E-state index contributed by atoms with van der Waals surface area (Å²) in [6.45, 7) is 4.60. The number of urea groups is 1. The second-order valence-corrected chi connectivity index (χ2v) is 9.77. The van der Waals surface area contributed by atoms with Gasteiger partial charge in [0.1, 0.15) is 12.1 Å². The van der Waals surface area contributed by atoms with Crippen LogP contribution in [-0.4, -0.2) is 58.9 Å². The Morgan fingerprint density at radius 3 is 2.42 bits per heavy atom. The van der Waals surface area contributed by atoms with Crippen molar-refractivity contribution < 1.29 is 14.4 Å². The molecule has 1 spiro atoms. The highest BCUT2D eigenvalue weighted by Gasteiger charge is 2.52. The van der Waals surface area contributed by atoms with Crippen LogP contribution < -0.4 is 10.6 Å². The standard InChI is InChI=1S/C23H31ClN4O3/c1-16-6-10-23(11-7-16)21(30)28(22(31)26-23)15-20(29)25-19-8-12-27(13-9-19)14-17-2-4-18(24)5-3-17/h2-5,16,19H,6-15H2,1H3,(H,25,29)(H,26,31). The van der Waals surface area contributed by atoms with Gasteiger partial charge in [0, 0.05) is 30.7 Å². The quantitative estimate of drug-likeness (QED) is 0.681. The molecule has 168 valence electrons. The van der Waals surface area contributed by atoms with Crippen molar-refractivity contribution in [1.29, 1.82) is 0 Å². The molecule has 1 aliphatic carbocycles. The molecule has 7 nitrogen and oxygen atoms in total. The van der Waals surface area contributed by atoms with Crippen LogP contribution in [0.25, 0.3) is 0 Å². The van der Waals surface area contributed by atoms with Gasteiger partial charge >= 0.3 is 6.03 Å². The fourth-order valence-electron chi connectivity index (χ4n) is 4.91. The number of carbonyl (C=O) groups is 3. The molecule has 1 aromatic carbocycles. The van der Waals surface area contributed by atoms with Crippen molar-refractivity contribution in [2.75, 3.05) is 19.6 Å². The molecule has 2 saturated heterocycles. The zero-order valence-electron chi connectivity index (χ0n) is 18.0. The van der Waals surface area contributed by atoms with Gasteiger partial charge in [-0.05, 0) is 62.1 Å². The summed E-state index contributed by atoms with van der Waals surface area (Å²) in [6.07, 6.45) is 4.84. The van der Waals surface area contributed by atoms with Gasteiger partial charge in [-0.2, -0.15) is 0 Å². The average molecular weight is 447 g/mol.